The maximum Gasteiger partial charge on any atom is 0.416 e. The van der Waals surface area contributed by atoms with Gasteiger partial charge in [-0.15, -0.1) is 0 Å². The number of aliphatic hydroxyl groups is 1. The minimum atomic E-state index is -4.57. The number of benzene rings is 1. The molecule has 8 heteroatoms. The molecule has 0 amide bonds. The molecule has 0 heterocycles. The van der Waals surface area contributed by atoms with Gasteiger partial charge in [0, 0.05) is 0 Å². The maximum atomic E-state index is 12.5. The van der Waals surface area contributed by atoms with E-state index in [9.17, 15) is 23.1 Å². The number of carbonyl (C=O) groups is 1. The van der Waals surface area contributed by atoms with E-state index >= 15 is 0 Å². The molecule has 0 saturated heterocycles. The molecule has 0 aliphatic heterocycles. The van der Waals surface area contributed by atoms with Gasteiger partial charge >= 0.3 is 12.1 Å². The number of nitriles is 1. The summed E-state index contributed by atoms with van der Waals surface area (Å²) in [5.41, 5.74) is -3.36. The Bertz CT molecular complexity index is 562. The molecule has 1 unspecified atom stereocenters. The van der Waals surface area contributed by atoms with Gasteiger partial charge in [0.05, 0.1) is 23.4 Å². The number of rotatable bonds is 4. The second kappa shape index (κ2) is 5.38. The van der Waals surface area contributed by atoms with E-state index in [1.807, 2.05) is 0 Å². The molecule has 1 aromatic carbocycles. The van der Waals surface area contributed by atoms with Crippen LogP contribution in [0.3, 0.4) is 0 Å². The third-order valence-electron chi connectivity index (χ3n) is 2.55. The van der Waals surface area contributed by atoms with Crippen LogP contribution in [-0.4, -0.2) is 28.3 Å². The normalized spacial score (nSPS) is 14.2. The summed E-state index contributed by atoms with van der Waals surface area (Å²) in [4.78, 5) is 10.7. The van der Waals surface area contributed by atoms with Gasteiger partial charge in [0.15, 0.2) is 5.60 Å². The summed E-state index contributed by atoms with van der Waals surface area (Å²) in [5, 5.41) is 29.4. The molecule has 5 nitrogen and oxygen atoms in total. The molecular weight excluding hydrogens is 277 g/mol. The molecule has 0 spiro atoms. The van der Waals surface area contributed by atoms with Gasteiger partial charge < -0.3 is 15.5 Å². The summed E-state index contributed by atoms with van der Waals surface area (Å²) in [6.45, 7) is 0.570. The number of alkyl halides is 3. The number of hydrogen-bond acceptors (Lipinski definition) is 4. The van der Waals surface area contributed by atoms with Crippen molar-refractivity contribution in [2.75, 3.05) is 11.9 Å². The lowest BCUT2D eigenvalue weighted by atomic mass is 10.1. The molecule has 1 atom stereocenters. The van der Waals surface area contributed by atoms with E-state index in [-0.39, 0.29) is 11.3 Å². The Labute approximate surface area is 112 Å². The Morgan fingerprint density at radius 2 is 2.05 bits per heavy atom. The predicted molar refractivity (Wildman–Crippen MR) is 62.9 cm³/mol. The van der Waals surface area contributed by atoms with Crippen LogP contribution in [0.15, 0.2) is 18.2 Å². The number of nitrogens with one attached hydrogen (secondary N) is 1. The summed E-state index contributed by atoms with van der Waals surface area (Å²) >= 11 is 0. The smallest absolute Gasteiger partial charge is 0.416 e. The molecular formula is C12H11F3N2O3. The van der Waals surface area contributed by atoms with Crippen molar-refractivity contribution in [3.63, 3.8) is 0 Å². The van der Waals surface area contributed by atoms with Gasteiger partial charge in [-0.1, -0.05) is 0 Å². The van der Waals surface area contributed by atoms with Crippen LogP contribution in [-0.2, 0) is 11.0 Å². The van der Waals surface area contributed by atoms with Crippen LogP contribution in [0.1, 0.15) is 18.1 Å². The first-order chi connectivity index (χ1) is 9.08. The molecule has 1 aromatic rings. The van der Waals surface area contributed by atoms with Crippen LogP contribution in [0.5, 0.6) is 0 Å². The summed E-state index contributed by atoms with van der Waals surface area (Å²) in [5.74, 6) is -1.49. The van der Waals surface area contributed by atoms with E-state index in [0.717, 1.165) is 19.1 Å². The van der Waals surface area contributed by atoms with Crippen LogP contribution in [0.2, 0.25) is 0 Å². The minimum Gasteiger partial charge on any atom is -0.479 e. The molecule has 0 radical (unpaired) electrons. The fraction of sp³-hybridized carbons (Fsp3) is 0.333. The highest BCUT2D eigenvalue weighted by atomic mass is 19.4. The molecule has 0 fully saturated rings. The Hall–Kier alpha value is -2.27. The minimum absolute atomic E-state index is 0.0158. The Kier molecular flexibility index (Phi) is 4.25. The van der Waals surface area contributed by atoms with E-state index in [2.05, 4.69) is 5.32 Å². The molecule has 1 rings (SSSR count). The van der Waals surface area contributed by atoms with E-state index in [1.54, 1.807) is 6.07 Å². The highest BCUT2D eigenvalue weighted by Gasteiger charge is 2.32. The topological polar surface area (TPSA) is 93.4 Å². The molecule has 0 aromatic heterocycles. The summed E-state index contributed by atoms with van der Waals surface area (Å²) in [7, 11) is 0. The highest BCUT2D eigenvalue weighted by molar-refractivity contribution is 5.77. The van der Waals surface area contributed by atoms with Gasteiger partial charge in [0.25, 0.3) is 0 Å². The van der Waals surface area contributed by atoms with Gasteiger partial charge in [-0.25, -0.2) is 4.79 Å². The first-order valence-corrected chi connectivity index (χ1v) is 5.39. The standard InChI is InChI=1S/C12H11F3N2O3/c1-11(20,10(18)19)6-17-9-3-2-8(12(13,14)15)4-7(9)5-16/h2-4,17,20H,6H2,1H3,(H,18,19). The molecule has 3 N–H and O–H groups in total. The summed E-state index contributed by atoms with van der Waals surface area (Å²) in [6.07, 6.45) is -4.57. The molecule has 0 aliphatic rings. The van der Waals surface area contributed by atoms with E-state index in [1.165, 1.54) is 0 Å². The molecule has 0 aliphatic carbocycles. The summed E-state index contributed by atoms with van der Waals surface area (Å²) < 4.78 is 37.4. The summed E-state index contributed by atoms with van der Waals surface area (Å²) in [6, 6.07) is 4.01. The second-order valence-corrected chi connectivity index (χ2v) is 4.30. The number of aliphatic carboxylic acids is 1. The van der Waals surface area contributed by atoms with Crippen molar-refractivity contribution in [1.29, 1.82) is 5.26 Å². The lowest BCUT2D eigenvalue weighted by Crippen LogP contribution is -2.41. The second-order valence-electron chi connectivity index (χ2n) is 4.30. The largest absolute Gasteiger partial charge is 0.479 e. The maximum absolute atomic E-state index is 12.5. The number of hydrogen-bond donors (Lipinski definition) is 3. The van der Waals surface area contributed by atoms with Gasteiger partial charge in [0.2, 0.25) is 0 Å². The van der Waals surface area contributed by atoms with Crippen LogP contribution in [0.4, 0.5) is 18.9 Å². The first kappa shape index (κ1) is 15.8. The zero-order valence-corrected chi connectivity index (χ0v) is 10.3. The van der Waals surface area contributed by atoms with Gasteiger partial charge in [-0.05, 0) is 25.1 Å². The Balaban J connectivity index is 2.99. The van der Waals surface area contributed by atoms with Crippen LogP contribution in [0.25, 0.3) is 0 Å². The van der Waals surface area contributed by atoms with E-state index in [0.29, 0.717) is 6.07 Å². The molecule has 0 bridgehead atoms. The molecule has 20 heavy (non-hydrogen) atoms. The number of halogens is 3. The van der Waals surface area contributed by atoms with Crippen LogP contribution in [0, 0.1) is 11.3 Å². The monoisotopic (exact) mass is 288 g/mol. The van der Waals surface area contributed by atoms with Crippen molar-refractivity contribution in [2.24, 2.45) is 0 Å². The van der Waals surface area contributed by atoms with E-state index in [4.69, 9.17) is 10.4 Å². The van der Waals surface area contributed by atoms with Gasteiger partial charge in [-0.3, -0.25) is 0 Å². The quantitative estimate of drug-likeness (QED) is 0.785. The highest BCUT2D eigenvalue weighted by Crippen LogP contribution is 2.31. The van der Waals surface area contributed by atoms with Crippen molar-refractivity contribution in [3.8, 4) is 6.07 Å². The lowest BCUT2D eigenvalue weighted by Gasteiger charge is -2.20. The first-order valence-electron chi connectivity index (χ1n) is 5.39. The average molecular weight is 288 g/mol. The lowest BCUT2D eigenvalue weighted by molar-refractivity contribution is -0.155. The zero-order chi connectivity index (χ0) is 15.6. The van der Waals surface area contributed by atoms with Crippen molar-refractivity contribution >= 4 is 11.7 Å². The van der Waals surface area contributed by atoms with Gasteiger partial charge in [0.1, 0.15) is 6.07 Å². The Morgan fingerprint density at radius 1 is 1.45 bits per heavy atom. The number of carboxylic acids is 1. The predicted octanol–water partition coefficient (Wildman–Crippen LogP) is 1.82. The van der Waals surface area contributed by atoms with Gasteiger partial charge in [-0.2, -0.15) is 18.4 Å². The van der Waals surface area contributed by atoms with Crippen molar-refractivity contribution < 1.29 is 28.2 Å². The van der Waals surface area contributed by atoms with E-state index < -0.39 is 29.9 Å². The molecule has 0 saturated carbocycles. The SMILES string of the molecule is CC(O)(CNc1ccc(C(F)(F)F)cc1C#N)C(=O)O. The van der Waals surface area contributed by atoms with Crippen LogP contribution < -0.4 is 5.32 Å². The average Bonchev–Trinajstić information content (AvgIpc) is 2.34. The fourth-order valence-corrected chi connectivity index (χ4v) is 1.31. The number of anilines is 1. The fourth-order valence-electron chi connectivity index (χ4n) is 1.31. The van der Waals surface area contributed by atoms with Crippen molar-refractivity contribution in [2.45, 2.75) is 18.7 Å². The van der Waals surface area contributed by atoms with Crippen molar-refractivity contribution in [1.82, 2.24) is 0 Å². The Morgan fingerprint density at radius 3 is 2.50 bits per heavy atom. The van der Waals surface area contributed by atoms with Crippen LogP contribution >= 0.6 is 0 Å². The number of carboxylic acid groups (broad SMARTS) is 1. The zero-order valence-electron chi connectivity index (χ0n) is 10.3. The van der Waals surface area contributed by atoms with Crippen molar-refractivity contribution in [3.05, 3.63) is 29.3 Å². The third-order valence-corrected chi connectivity index (χ3v) is 2.55. The number of nitrogens with zero attached hydrogens (tertiary/aromatic N) is 1. The third kappa shape index (κ3) is 3.61. The molecule has 108 valence electrons.